The smallest absolute Gasteiger partial charge is 0.295 e. The van der Waals surface area contributed by atoms with Crippen LogP contribution in [0.25, 0.3) is 5.76 Å². The molecule has 3 aromatic rings. The first-order valence-corrected chi connectivity index (χ1v) is 12.4. The fraction of sp³-hybridized carbons (Fsp3) is 0.267. The molecule has 7 heteroatoms. The van der Waals surface area contributed by atoms with E-state index < -0.39 is 23.5 Å². The molecule has 5 rings (SSSR count). The summed E-state index contributed by atoms with van der Waals surface area (Å²) in [7, 11) is 0. The molecule has 2 saturated heterocycles. The first kappa shape index (κ1) is 24.7. The molecule has 0 spiro atoms. The summed E-state index contributed by atoms with van der Waals surface area (Å²) >= 11 is 0. The van der Waals surface area contributed by atoms with E-state index in [1.54, 1.807) is 18.2 Å². The highest BCUT2D eigenvalue weighted by molar-refractivity contribution is 6.46. The zero-order valence-corrected chi connectivity index (χ0v) is 20.5. The molecule has 2 atom stereocenters. The van der Waals surface area contributed by atoms with E-state index in [2.05, 4.69) is 0 Å². The van der Waals surface area contributed by atoms with Crippen LogP contribution in [0.3, 0.4) is 0 Å². The average molecular weight is 502 g/mol. The number of halogens is 1. The van der Waals surface area contributed by atoms with E-state index in [9.17, 15) is 19.1 Å². The summed E-state index contributed by atoms with van der Waals surface area (Å²) < 4.78 is 25.3. The highest BCUT2D eigenvalue weighted by atomic mass is 19.1. The fourth-order valence-corrected chi connectivity index (χ4v) is 4.92. The predicted molar refractivity (Wildman–Crippen MR) is 136 cm³/mol. The van der Waals surface area contributed by atoms with Crippen LogP contribution in [0.1, 0.15) is 41.1 Å². The quantitative estimate of drug-likeness (QED) is 0.270. The third-order valence-electron chi connectivity index (χ3n) is 6.84. The van der Waals surface area contributed by atoms with Crippen molar-refractivity contribution in [1.82, 2.24) is 4.90 Å². The summed E-state index contributed by atoms with van der Waals surface area (Å²) in [5.74, 6) is -1.53. The van der Waals surface area contributed by atoms with E-state index in [-0.39, 0.29) is 24.0 Å². The number of nitrogens with zero attached hydrogens (tertiary/aromatic N) is 1. The Balaban J connectivity index is 1.48. The van der Waals surface area contributed by atoms with Crippen LogP contribution in [0.4, 0.5) is 4.39 Å². The van der Waals surface area contributed by atoms with Crippen LogP contribution in [0, 0.1) is 12.7 Å². The van der Waals surface area contributed by atoms with Gasteiger partial charge in [0.25, 0.3) is 11.7 Å². The maximum atomic E-state index is 13.7. The normalized spacial score (nSPS) is 21.0. The Morgan fingerprint density at radius 1 is 1.08 bits per heavy atom. The molecular formula is C30H28FNO5. The van der Waals surface area contributed by atoms with Crippen LogP contribution < -0.4 is 4.74 Å². The highest BCUT2D eigenvalue weighted by Gasteiger charge is 2.47. The molecule has 0 aromatic heterocycles. The first-order valence-electron chi connectivity index (χ1n) is 12.4. The van der Waals surface area contributed by atoms with Gasteiger partial charge in [0.05, 0.1) is 17.7 Å². The molecule has 2 unspecified atom stereocenters. The van der Waals surface area contributed by atoms with Crippen molar-refractivity contribution in [2.75, 3.05) is 13.2 Å². The predicted octanol–water partition coefficient (Wildman–Crippen LogP) is 5.31. The molecule has 1 N–H and O–H groups in total. The lowest BCUT2D eigenvalue weighted by Crippen LogP contribution is -2.36. The summed E-state index contributed by atoms with van der Waals surface area (Å²) in [6.45, 7) is 3.07. The second-order valence-corrected chi connectivity index (χ2v) is 9.39. The summed E-state index contributed by atoms with van der Waals surface area (Å²) in [5.41, 5.74) is 2.71. The monoisotopic (exact) mass is 501 g/mol. The van der Waals surface area contributed by atoms with Gasteiger partial charge in [-0.25, -0.2) is 4.39 Å². The van der Waals surface area contributed by atoms with Crippen molar-refractivity contribution in [3.05, 3.63) is 106 Å². The summed E-state index contributed by atoms with van der Waals surface area (Å²) in [5, 5.41) is 11.3. The van der Waals surface area contributed by atoms with Gasteiger partial charge >= 0.3 is 0 Å². The lowest BCUT2D eigenvalue weighted by molar-refractivity contribution is -0.140. The number of ketones is 1. The first-order chi connectivity index (χ1) is 17.9. The molecule has 0 saturated carbocycles. The van der Waals surface area contributed by atoms with Gasteiger partial charge in [-0.05, 0) is 66.8 Å². The van der Waals surface area contributed by atoms with E-state index in [0.717, 1.165) is 24.0 Å². The standard InChI is InChI=1S/C30H28FNO5/c1-19-16-22(11-14-25(19)37-18-20-6-3-2-4-7-20)28(33)26-27(21-9-12-23(31)13-10-21)32(30(35)29(26)34)17-24-8-5-15-36-24/h2-4,6-7,9-14,16,24,27,33H,5,8,15,17-18H2,1H3/b28-26-. The number of benzene rings is 3. The number of aliphatic hydroxyl groups is 1. The van der Waals surface area contributed by atoms with E-state index in [4.69, 9.17) is 9.47 Å². The van der Waals surface area contributed by atoms with Crippen molar-refractivity contribution >= 4 is 17.4 Å². The molecular weight excluding hydrogens is 473 g/mol. The second kappa shape index (κ2) is 10.6. The number of aliphatic hydroxyl groups excluding tert-OH is 1. The number of amides is 1. The van der Waals surface area contributed by atoms with Crippen LogP contribution >= 0.6 is 0 Å². The maximum absolute atomic E-state index is 13.7. The number of carbonyl (C=O) groups is 2. The van der Waals surface area contributed by atoms with Crippen LogP contribution in [0.15, 0.2) is 78.4 Å². The van der Waals surface area contributed by atoms with Gasteiger partial charge in [0.15, 0.2) is 0 Å². The van der Waals surface area contributed by atoms with Gasteiger partial charge in [0.2, 0.25) is 0 Å². The van der Waals surface area contributed by atoms with Gasteiger partial charge in [0, 0.05) is 18.7 Å². The number of hydrogen-bond acceptors (Lipinski definition) is 5. The summed E-state index contributed by atoms with van der Waals surface area (Å²) in [4.78, 5) is 27.8. The van der Waals surface area contributed by atoms with Gasteiger partial charge in [0.1, 0.15) is 23.9 Å². The minimum atomic E-state index is -0.848. The molecule has 2 aliphatic heterocycles. The van der Waals surface area contributed by atoms with E-state index in [1.807, 2.05) is 37.3 Å². The van der Waals surface area contributed by atoms with Crippen molar-refractivity contribution in [1.29, 1.82) is 0 Å². The minimum absolute atomic E-state index is 0.0213. The number of likely N-dealkylation sites (tertiary alicyclic amines) is 1. The molecule has 3 aromatic carbocycles. The summed E-state index contributed by atoms with van der Waals surface area (Å²) in [6.07, 6.45) is 1.47. The van der Waals surface area contributed by atoms with Crippen molar-refractivity contribution in [3.63, 3.8) is 0 Å². The zero-order valence-electron chi connectivity index (χ0n) is 20.5. The third-order valence-corrected chi connectivity index (χ3v) is 6.84. The minimum Gasteiger partial charge on any atom is -0.507 e. The zero-order chi connectivity index (χ0) is 25.9. The van der Waals surface area contributed by atoms with Crippen molar-refractivity contribution < 1.29 is 28.6 Å². The average Bonchev–Trinajstić information content (AvgIpc) is 3.51. The number of ether oxygens (including phenoxy) is 2. The van der Waals surface area contributed by atoms with Crippen molar-refractivity contribution in [2.24, 2.45) is 0 Å². The van der Waals surface area contributed by atoms with Crippen molar-refractivity contribution in [3.8, 4) is 5.75 Å². The Kier molecular flexibility index (Phi) is 7.06. The largest absolute Gasteiger partial charge is 0.507 e. The van der Waals surface area contributed by atoms with Gasteiger partial charge in [-0.1, -0.05) is 42.5 Å². The molecule has 2 fully saturated rings. The van der Waals surface area contributed by atoms with Gasteiger partial charge < -0.3 is 19.5 Å². The van der Waals surface area contributed by atoms with Crippen LogP contribution in [0.2, 0.25) is 0 Å². The van der Waals surface area contributed by atoms with Crippen LogP contribution in [-0.2, 0) is 20.9 Å². The molecule has 1 amide bonds. The van der Waals surface area contributed by atoms with E-state index in [0.29, 0.717) is 30.1 Å². The molecule has 0 bridgehead atoms. The lowest BCUT2D eigenvalue weighted by Gasteiger charge is -2.27. The second-order valence-electron chi connectivity index (χ2n) is 9.39. The van der Waals surface area contributed by atoms with Crippen LogP contribution in [-0.4, -0.2) is 41.0 Å². The molecule has 2 heterocycles. The molecule has 0 radical (unpaired) electrons. The Morgan fingerprint density at radius 2 is 1.84 bits per heavy atom. The lowest BCUT2D eigenvalue weighted by atomic mass is 9.94. The number of aryl methyl sites for hydroxylation is 1. The number of Topliss-reactive ketones (excluding diaryl/α,β-unsaturated/α-hetero) is 1. The van der Waals surface area contributed by atoms with Crippen LogP contribution in [0.5, 0.6) is 5.75 Å². The Labute approximate surface area is 214 Å². The Bertz CT molecular complexity index is 1330. The fourth-order valence-electron chi connectivity index (χ4n) is 4.92. The van der Waals surface area contributed by atoms with Gasteiger partial charge in [-0.2, -0.15) is 0 Å². The number of carbonyl (C=O) groups excluding carboxylic acids is 2. The highest BCUT2D eigenvalue weighted by Crippen LogP contribution is 2.40. The topological polar surface area (TPSA) is 76.1 Å². The van der Waals surface area contributed by atoms with E-state index >= 15 is 0 Å². The SMILES string of the molecule is Cc1cc(/C(O)=C2/C(=O)C(=O)N(CC3CCCO3)C2c2ccc(F)cc2)ccc1OCc1ccccc1. The Morgan fingerprint density at radius 3 is 2.51 bits per heavy atom. The van der Waals surface area contributed by atoms with Gasteiger partial charge in [-0.15, -0.1) is 0 Å². The molecule has 190 valence electrons. The molecule has 37 heavy (non-hydrogen) atoms. The van der Waals surface area contributed by atoms with Crippen molar-refractivity contribution in [2.45, 2.75) is 38.5 Å². The van der Waals surface area contributed by atoms with E-state index in [1.165, 1.54) is 29.2 Å². The van der Waals surface area contributed by atoms with Gasteiger partial charge in [-0.3, -0.25) is 9.59 Å². The molecule has 6 nitrogen and oxygen atoms in total. The Hall–Kier alpha value is -3.97. The summed E-state index contributed by atoms with van der Waals surface area (Å²) in [6, 6.07) is 19.7. The third kappa shape index (κ3) is 5.13. The number of hydrogen-bond donors (Lipinski definition) is 1. The maximum Gasteiger partial charge on any atom is 0.295 e. The molecule has 2 aliphatic rings. The molecule has 0 aliphatic carbocycles. The number of rotatable bonds is 7.